The molecule has 10 heteroatoms. The minimum Gasteiger partial charge on any atom is -0.489 e. The van der Waals surface area contributed by atoms with E-state index in [2.05, 4.69) is 15.4 Å². The van der Waals surface area contributed by atoms with Crippen molar-refractivity contribution in [2.24, 2.45) is 7.05 Å². The van der Waals surface area contributed by atoms with Crippen LogP contribution in [0.4, 0.5) is 4.39 Å². The highest BCUT2D eigenvalue weighted by Crippen LogP contribution is 2.34. The standard InChI is InChI=1S/C23H22FN5O4/c1-14-6-5-7-20(29-23(30)28(2)26-27-29)18(14)13-33-15-8-10-19(24)17(12-15)16-9-11-21(31-3)25-22(16)32-4/h5-12H,13H2,1-4H3. The van der Waals surface area contributed by atoms with Crippen LogP contribution in [0.1, 0.15) is 11.1 Å². The molecule has 4 rings (SSSR count). The zero-order valence-corrected chi connectivity index (χ0v) is 18.6. The molecule has 0 atom stereocenters. The van der Waals surface area contributed by atoms with Gasteiger partial charge in [0.25, 0.3) is 0 Å². The Balaban J connectivity index is 1.67. The van der Waals surface area contributed by atoms with Crippen LogP contribution in [0, 0.1) is 12.7 Å². The Morgan fingerprint density at radius 1 is 1.00 bits per heavy atom. The number of aryl methyl sites for hydroxylation is 2. The smallest absolute Gasteiger partial charge is 0.368 e. The molecule has 0 unspecified atom stereocenters. The Labute approximate surface area is 189 Å². The van der Waals surface area contributed by atoms with Crippen LogP contribution in [0.15, 0.2) is 53.3 Å². The van der Waals surface area contributed by atoms with Crippen molar-refractivity contribution in [3.63, 3.8) is 0 Å². The van der Waals surface area contributed by atoms with Gasteiger partial charge >= 0.3 is 5.69 Å². The maximum Gasteiger partial charge on any atom is 0.368 e. The molecule has 170 valence electrons. The summed E-state index contributed by atoms with van der Waals surface area (Å²) in [5, 5.41) is 7.69. The van der Waals surface area contributed by atoms with E-state index >= 15 is 0 Å². The number of hydrogen-bond donors (Lipinski definition) is 0. The molecule has 0 bridgehead atoms. The van der Waals surface area contributed by atoms with Crippen LogP contribution < -0.4 is 19.9 Å². The Bertz CT molecular complexity index is 1370. The van der Waals surface area contributed by atoms with Crippen LogP contribution in [0.3, 0.4) is 0 Å². The molecule has 0 saturated carbocycles. The SMILES string of the molecule is COc1ccc(-c2cc(OCc3c(C)cccc3-n3nnn(C)c3=O)ccc2F)c(OC)n1. The largest absolute Gasteiger partial charge is 0.489 e. The van der Waals surface area contributed by atoms with Crippen molar-refractivity contribution in [1.29, 1.82) is 0 Å². The third-order valence-electron chi connectivity index (χ3n) is 5.18. The second-order valence-electron chi connectivity index (χ2n) is 7.21. The number of ether oxygens (including phenoxy) is 3. The molecule has 0 saturated heterocycles. The summed E-state index contributed by atoms with van der Waals surface area (Å²) in [5.74, 6) is 0.573. The number of nitrogens with zero attached hydrogens (tertiary/aromatic N) is 5. The fourth-order valence-electron chi connectivity index (χ4n) is 3.39. The Morgan fingerprint density at radius 3 is 2.52 bits per heavy atom. The molecular weight excluding hydrogens is 429 g/mol. The number of rotatable bonds is 7. The number of pyridine rings is 1. The zero-order valence-electron chi connectivity index (χ0n) is 18.6. The van der Waals surface area contributed by atoms with Crippen molar-refractivity contribution in [2.45, 2.75) is 13.5 Å². The fourth-order valence-corrected chi connectivity index (χ4v) is 3.39. The van der Waals surface area contributed by atoms with Gasteiger partial charge in [0.15, 0.2) is 0 Å². The van der Waals surface area contributed by atoms with Crippen LogP contribution in [-0.4, -0.2) is 39.0 Å². The van der Waals surface area contributed by atoms with Gasteiger partial charge in [-0.3, -0.25) is 0 Å². The van der Waals surface area contributed by atoms with E-state index in [9.17, 15) is 9.18 Å². The zero-order chi connectivity index (χ0) is 23.5. The molecule has 33 heavy (non-hydrogen) atoms. The van der Waals surface area contributed by atoms with Crippen LogP contribution in [-0.2, 0) is 13.7 Å². The summed E-state index contributed by atoms with van der Waals surface area (Å²) in [7, 11) is 4.48. The van der Waals surface area contributed by atoms with Crippen LogP contribution >= 0.6 is 0 Å². The second-order valence-corrected chi connectivity index (χ2v) is 7.21. The van der Waals surface area contributed by atoms with Crippen molar-refractivity contribution in [3.05, 3.63) is 76.0 Å². The molecule has 0 N–H and O–H groups in total. The predicted molar refractivity (Wildman–Crippen MR) is 118 cm³/mol. The first-order chi connectivity index (χ1) is 15.9. The molecule has 0 aliphatic carbocycles. The highest BCUT2D eigenvalue weighted by Gasteiger charge is 2.16. The van der Waals surface area contributed by atoms with E-state index in [1.165, 1.54) is 38.1 Å². The van der Waals surface area contributed by atoms with Gasteiger partial charge in [0.2, 0.25) is 11.8 Å². The molecule has 2 aromatic carbocycles. The molecule has 0 spiro atoms. The van der Waals surface area contributed by atoms with Crippen LogP contribution in [0.5, 0.6) is 17.5 Å². The first-order valence-corrected chi connectivity index (χ1v) is 10.0. The predicted octanol–water partition coefficient (Wildman–Crippen LogP) is 3.07. The van der Waals surface area contributed by atoms with Gasteiger partial charge in [0, 0.05) is 29.8 Å². The van der Waals surface area contributed by atoms with E-state index in [0.29, 0.717) is 22.9 Å². The average molecular weight is 451 g/mol. The van der Waals surface area contributed by atoms with Gasteiger partial charge in [0.05, 0.1) is 19.9 Å². The third kappa shape index (κ3) is 4.27. The topological polar surface area (TPSA) is 93.3 Å². The first kappa shape index (κ1) is 22.0. The van der Waals surface area contributed by atoms with E-state index in [0.717, 1.165) is 15.8 Å². The Morgan fingerprint density at radius 2 is 1.82 bits per heavy atom. The van der Waals surface area contributed by atoms with E-state index in [1.807, 2.05) is 19.1 Å². The van der Waals surface area contributed by atoms with E-state index in [-0.39, 0.29) is 23.7 Å². The quantitative estimate of drug-likeness (QED) is 0.426. The van der Waals surface area contributed by atoms with Gasteiger partial charge in [-0.15, -0.1) is 0 Å². The molecule has 0 amide bonds. The molecule has 4 aromatic rings. The first-order valence-electron chi connectivity index (χ1n) is 10.0. The molecule has 9 nitrogen and oxygen atoms in total. The number of halogens is 1. The summed E-state index contributed by atoms with van der Waals surface area (Å²) >= 11 is 0. The number of tetrazole rings is 1. The highest BCUT2D eigenvalue weighted by molar-refractivity contribution is 5.71. The van der Waals surface area contributed by atoms with Gasteiger partial charge in [-0.05, 0) is 53.2 Å². The maximum atomic E-state index is 14.7. The lowest BCUT2D eigenvalue weighted by Gasteiger charge is -2.14. The normalized spacial score (nSPS) is 10.8. The Kier molecular flexibility index (Phi) is 6.07. The van der Waals surface area contributed by atoms with Gasteiger partial charge in [-0.2, -0.15) is 14.3 Å². The summed E-state index contributed by atoms with van der Waals surface area (Å²) in [4.78, 5) is 16.6. The van der Waals surface area contributed by atoms with Gasteiger partial charge in [-0.1, -0.05) is 12.1 Å². The number of benzene rings is 2. The molecule has 0 radical (unpaired) electrons. The Hall–Kier alpha value is -4.21. The monoisotopic (exact) mass is 451 g/mol. The molecule has 2 heterocycles. The third-order valence-corrected chi connectivity index (χ3v) is 5.18. The lowest BCUT2D eigenvalue weighted by atomic mass is 10.1. The van der Waals surface area contributed by atoms with Gasteiger partial charge < -0.3 is 14.2 Å². The van der Waals surface area contributed by atoms with Crippen LogP contribution in [0.25, 0.3) is 16.8 Å². The summed E-state index contributed by atoms with van der Waals surface area (Å²) < 4.78 is 33.5. The summed E-state index contributed by atoms with van der Waals surface area (Å²) in [6.45, 7) is 2.04. The highest BCUT2D eigenvalue weighted by atomic mass is 19.1. The lowest BCUT2D eigenvalue weighted by Crippen LogP contribution is -2.23. The lowest BCUT2D eigenvalue weighted by molar-refractivity contribution is 0.304. The van der Waals surface area contributed by atoms with Crippen molar-refractivity contribution in [2.75, 3.05) is 14.2 Å². The van der Waals surface area contributed by atoms with E-state index in [4.69, 9.17) is 14.2 Å². The van der Waals surface area contributed by atoms with E-state index in [1.54, 1.807) is 24.3 Å². The molecule has 2 aromatic heterocycles. The van der Waals surface area contributed by atoms with Crippen molar-refractivity contribution >= 4 is 0 Å². The molecule has 0 fully saturated rings. The number of aromatic nitrogens is 5. The maximum absolute atomic E-state index is 14.7. The second kappa shape index (κ2) is 9.11. The molecular formula is C23H22FN5O4. The van der Waals surface area contributed by atoms with Gasteiger partial charge in [0.1, 0.15) is 18.2 Å². The van der Waals surface area contributed by atoms with Crippen molar-refractivity contribution < 1.29 is 18.6 Å². The molecule has 0 aliphatic rings. The minimum absolute atomic E-state index is 0.133. The van der Waals surface area contributed by atoms with Crippen molar-refractivity contribution in [3.8, 4) is 34.3 Å². The van der Waals surface area contributed by atoms with E-state index < -0.39 is 5.82 Å². The number of hydrogen-bond acceptors (Lipinski definition) is 7. The summed E-state index contributed by atoms with van der Waals surface area (Å²) in [6.07, 6.45) is 0. The number of methoxy groups -OCH3 is 2. The van der Waals surface area contributed by atoms with Gasteiger partial charge in [-0.25, -0.2) is 9.18 Å². The minimum atomic E-state index is -0.449. The molecule has 0 aliphatic heterocycles. The van der Waals surface area contributed by atoms with Crippen molar-refractivity contribution in [1.82, 2.24) is 24.8 Å². The average Bonchev–Trinajstić information content (AvgIpc) is 3.16. The summed E-state index contributed by atoms with van der Waals surface area (Å²) in [5.41, 5.74) is 2.60. The fraction of sp³-hybridized carbons (Fsp3) is 0.217. The summed E-state index contributed by atoms with van der Waals surface area (Å²) in [6, 6.07) is 13.2. The van der Waals surface area contributed by atoms with Crippen LogP contribution in [0.2, 0.25) is 0 Å².